The molecule has 0 atom stereocenters. The monoisotopic (exact) mass is 641 g/mol. The molecule has 229 valence electrons. The molecule has 5 heterocycles. The Kier molecular flexibility index (Phi) is 7.99. The first-order valence-corrected chi connectivity index (χ1v) is 16.2. The van der Waals surface area contributed by atoms with Gasteiger partial charge in [0.05, 0.1) is 33.8 Å². The number of hydrogen-bond acceptors (Lipinski definition) is 2. The van der Waals surface area contributed by atoms with Gasteiger partial charge in [-0.3, -0.25) is 0 Å². The molecule has 0 spiro atoms. The highest BCUT2D eigenvalue weighted by molar-refractivity contribution is 6.10. The molecule has 3 aromatic heterocycles. The van der Waals surface area contributed by atoms with Crippen molar-refractivity contribution in [2.45, 2.75) is 0 Å². The minimum absolute atomic E-state index is 0. The van der Waals surface area contributed by atoms with Gasteiger partial charge in [-0.25, -0.2) is 9.97 Å². The number of aromatic amines is 1. The zero-order chi connectivity index (χ0) is 31.9. The van der Waals surface area contributed by atoms with Crippen LogP contribution in [0.1, 0.15) is 22.8 Å². The number of nitrogens with one attached hydrogen (secondary N) is 1. The fourth-order valence-corrected chi connectivity index (χ4v) is 6.81. The number of nitrogens with zero attached hydrogens (tertiary/aromatic N) is 3. The number of aromatic nitrogens is 4. The van der Waals surface area contributed by atoms with E-state index >= 15 is 0 Å². The third-order valence-corrected chi connectivity index (χ3v) is 8.87. The summed E-state index contributed by atoms with van der Waals surface area (Å²) in [7, 11) is 0. The number of H-pyrrole nitrogens is 1. The highest BCUT2D eigenvalue weighted by atomic mass is 27.0. The van der Waals surface area contributed by atoms with E-state index in [9.17, 15) is 0 Å². The second-order valence-electron chi connectivity index (χ2n) is 12.0. The van der Waals surface area contributed by atoms with E-state index in [2.05, 4.69) is 186 Å². The van der Waals surface area contributed by atoms with Gasteiger partial charge in [0, 0.05) is 50.8 Å². The number of rotatable bonds is 4. The third-order valence-electron chi connectivity index (χ3n) is 8.87. The van der Waals surface area contributed by atoms with Gasteiger partial charge in [-0.1, -0.05) is 109 Å². The van der Waals surface area contributed by atoms with Crippen LogP contribution < -0.4 is 0 Å². The van der Waals surface area contributed by atoms with E-state index in [1.54, 1.807) is 0 Å². The quantitative estimate of drug-likeness (QED) is 0.194. The van der Waals surface area contributed by atoms with Crippen LogP contribution in [-0.4, -0.2) is 36.9 Å². The van der Waals surface area contributed by atoms with Gasteiger partial charge < -0.3 is 9.55 Å². The molecule has 2 aliphatic rings. The average Bonchev–Trinajstić information content (AvgIpc) is 3.95. The molecule has 49 heavy (non-hydrogen) atoms. The Morgan fingerprint density at radius 2 is 0.898 bits per heavy atom. The summed E-state index contributed by atoms with van der Waals surface area (Å²) < 4.78 is 2.41. The Morgan fingerprint density at radius 1 is 0.429 bits per heavy atom. The maximum atomic E-state index is 5.29. The highest BCUT2D eigenvalue weighted by Crippen LogP contribution is 2.47. The molecule has 8 bridgehead atoms. The van der Waals surface area contributed by atoms with Crippen LogP contribution in [0.4, 0.5) is 0 Å². The summed E-state index contributed by atoms with van der Waals surface area (Å²) in [5.41, 5.74) is 15.4. The zero-order valence-electron chi connectivity index (χ0n) is 26.7. The highest BCUT2D eigenvalue weighted by Gasteiger charge is 2.25. The Labute approximate surface area is 295 Å². The van der Waals surface area contributed by atoms with Crippen LogP contribution in [0.3, 0.4) is 0 Å². The maximum Gasteiger partial charge on any atom is 0.0737 e. The van der Waals surface area contributed by atoms with Crippen LogP contribution in [0, 0.1) is 0 Å². The van der Waals surface area contributed by atoms with Crippen LogP contribution in [-0.2, 0) is 0 Å². The minimum Gasteiger partial charge on any atom is -0.355 e. The molecule has 0 amide bonds. The van der Waals surface area contributed by atoms with Crippen LogP contribution in [0.15, 0.2) is 152 Å². The van der Waals surface area contributed by atoms with Gasteiger partial charge in [0.1, 0.15) is 0 Å². The molecule has 4 aromatic carbocycles. The predicted molar refractivity (Wildman–Crippen MR) is 206 cm³/mol. The van der Waals surface area contributed by atoms with Crippen molar-refractivity contribution < 1.29 is 0 Å². The van der Waals surface area contributed by atoms with Gasteiger partial charge in [0.15, 0.2) is 0 Å². The van der Waals surface area contributed by atoms with Gasteiger partial charge in [-0.2, -0.15) is 0 Å². The lowest BCUT2D eigenvalue weighted by Gasteiger charge is -2.13. The van der Waals surface area contributed by atoms with Gasteiger partial charge in [-0.15, -0.1) is 0 Å². The van der Waals surface area contributed by atoms with Crippen molar-refractivity contribution >= 4 is 63.7 Å². The van der Waals surface area contributed by atoms with E-state index < -0.39 is 0 Å². The molecule has 9 rings (SSSR count). The summed E-state index contributed by atoms with van der Waals surface area (Å²) in [6.45, 7) is 0. The summed E-state index contributed by atoms with van der Waals surface area (Å²) in [5, 5.41) is 0. The molecule has 0 saturated heterocycles. The Morgan fingerprint density at radius 3 is 1.49 bits per heavy atom. The molecule has 5 heteroatoms. The third kappa shape index (κ3) is 5.66. The molecule has 0 saturated carbocycles. The Balaban J connectivity index is 0.00000348. The SMILES string of the molecule is C1=Cc2cc3c(-c4ccccc4)c(-c4ccccc4)c(c(-c4ccccc4)c4nc(cc5ccc(cc1n2)[nH]5)C=C4)n3-c1ccccc1.[Al]. The molecule has 2 aliphatic heterocycles. The second-order valence-corrected chi connectivity index (χ2v) is 12.0. The van der Waals surface area contributed by atoms with Crippen molar-refractivity contribution in [1.82, 2.24) is 19.5 Å². The largest absolute Gasteiger partial charge is 0.355 e. The van der Waals surface area contributed by atoms with Crippen LogP contribution in [0.25, 0.3) is 85.4 Å². The molecule has 0 unspecified atom stereocenters. The maximum absolute atomic E-state index is 5.29. The number of hydrogen-bond donors (Lipinski definition) is 1. The summed E-state index contributed by atoms with van der Waals surface area (Å²) in [6.07, 6.45) is 8.44. The summed E-state index contributed by atoms with van der Waals surface area (Å²) in [5.74, 6) is 0. The van der Waals surface area contributed by atoms with Crippen molar-refractivity contribution in [2.24, 2.45) is 0 Å². The lowest BCUT2D eigenvalue weighted by molar-refractivity contribution is 1.17. The van der Waals surface area contributed by atoms with E-state index in [1.807, 2.05) is 0 Å². The average molecular weight is 642 g/mol. The minimum atomic E-state index is 0. The number of benzene rings is 4. The topological polar surface area (TPSA) is 46.5 Å². The molecular weight excluding hydrogens is 611 g/mol. The fourth-order valence-electron chi connectivity index (χ4n) is 6.81. The fraction of sp³-hybridized carbons (Fsp3) is 0. The molecule has 4 nitrogen and oxygen atoms in total. The summed E-state index contributed by atoms with van der Waals surface area (Å²) >= 11 is 0. The van der Waals surface area contributed by atoms with Crippen LogP contribution in [0.5, 0.6) is 0 Å². The van der Waals surface area contributed by atoms with E-state index in [4.69, 9.17) is 9.97 Å². The van der Waals surface area contributed by atoms with Crippen molar-refractivity contribution in [3.63, 3.8) is 0 Å². The van der Waals surface area contributed by atoms with Gasteiger partial charge in [0.25, 0.3) is 0 Å². The number of para-hydroxylation sites is 1. The van der Waals surface area contributed by atoms with Crippen molar-refractivity contribution in [1.29, 1.82) is 0 Å². The lowest BCUT2D eigenvalue weighted by Crippen LogP contribution is -1.97. The van der Waals surface area contributed by atoms with Crippen LogP contribution in [0.2, 0.25) is 0 Å². The summed E-state index contributed by atoms with van der Waals surface area (Å²) in [6, 6.07) is 53.3. The van der Waals surface area contributed by atoms with E-state index in [0.29, 0.717) is 0 Å². The predicted octanol–water partition coefficient (Wildman–Crippen LogP) is 10.7. The Hall–Kier alpha value is -5.99. The first-order chi connectivity index (χ1) is 23.8. The van der Waals surface area contributed by atoms with E-state index in [0.717, 1.165) is 83.9 Å². The normalized spacial score (nSPS) is 11.8. The van der Waals surface area contributed by atoms with E-state index in [-0.39, 0.29) is 17.4 Å². The standard InChI is InChI=1S/C44H30N4.Al/c1-5-13-30(14-6-1)41-39-26-25-36(47-39)28-35-22-21-33(45-35)27-34-23-24-37(46-34)29-40-42(31-15-7-2-8-16-31)43(32-17-9-3-10-18-32)44(41)48(40)38-19-11-4-12-20-38;/h1-29,45H;. The van der Waals surface area contributed by atoms with Gasteiger partial charge in [-0.05, 0) is 83.5 Å². The van der Waals surface area contributed by atoms with Gasteiger partial charge >= 0.3 is 0 Å². The van der Waals surface area contributed by atoms with Crippen molar-refractivity contribution in [3.05, 3.63) is 174 Å². The first kappa shape index (κ1) is 30.4. The van der Waals surface area contributed by atoms with Crippen molar-refractivity contribution in [2.75, 3.05) is 0 Å². The lowest BCUT2D eigenvalue weighted by atomic mass is 9.93. The second kappa shape index (κ2) is 12.9. The molecule has 0 aliphatic carbocycles. The summed E-state index contributed by atoms with van der Waals surface area (Å²) in [4.78, 5) is 13.9. The molecular formula is C44H30AlN4. The molecule has 1 N–H and O–H groups in total. The smallest absolute Gasteiger partial charge is 0.0737 e. The van der Waals surface area contributed by atoms with Crippen LogP contribution >= 0.6 is 0 Å². The molecule has 7 aromatic rings. The Bertz CT molecular complexity index is 2530. The van der Waals surface area contributed by atoms with Crippen molar-refractivity contribution in [3.8, 4) is 39.1 Å². The first-order valence-electron chi connectivity index (χ1n) is 16.2. The molecule has 0 fully saturated rings. The van der Waals surface area contributed by atoms with Gasteiger partial charge in [0.2, 0.25) is 0 Å². The zero-order valence-corrected chi connectivity index (χ0v) is 27.8. The number of fused-ring (bicyclic) bond motifs is 8. The van der Waals surface area contributed by atoms with E-state index in [1.165, 1.54) is 0 Å². The molecule has 3 radical (unpaired) electrons.